The predicted octanol–water partition coefficient (Wildman–Crippen LogP) is 4.21. The number of anilines is 1. The van der Waals surface area contributed by atoms with Gasteiger partial charge in [-0.25, -0.2) is 4.98 Å². The van der Waals surface area contributed by atoms with Gasteiger partial charge in [0.2, 0.25) is 0 Å². The Morgan fingerprint density at radius 1 is 1.26 bits per heavy atom. The van der Waals surface area contributed by atoms with E-state index in [9.17, 15) is 5.11 Å². The van der Waals surface area contributed by atoms with Crippen molar-refractivity contribution in [3.63, 3.8) is 0 Å². The quantitative estimate of drug-likeness (QED) is 0.827. The number of nitrogens with zero attached hydrogens (tertiary/aromatic N) is 2. The van der Waals surface area contributed by atoms with Gasteiger partial charge >= 0.3 is 0 Å². The van der Waals surface area contributed by atoms with Crippen molar-refractivity contribution < 1.29 is 5.11 Å². The highest BCUT2D eigenvalue weighted by molar-refractivity contribution is 6.29. The van der Waals surface area contributed by atoms with Gasteiger partial charge < -0.3 is 10.4 Å². The van der Waals surface area contributed by atoms with Crippen molar-refractivity contribution >= 4 is 17.3 Å². The van der Waals surface area contributed by atoms with E-state index in [1.165, 1.54) is 0 Å². The van der Waals surface area contributed by atoms with Gasteiger partial charge in [0.15, 0.2) is 0 Å². The van der Waals surface area contributed by atoms with Gasteiger partial charge in [0.1, 0.15) is 5.15 Å². The van der Waals surface area contributed by atoms with E-state index in [-0.39, 0.29) is 0 Å². The van der Waals surface area contributed by atoms with E-state index in [2.05, 4.69) is 15.3 Å². The normalized spacial score (nSPS) is 24.4. The number of nitrogens with one attached hydrogen (secondary N) is 1. The topological polar surface area (TPSA) is 58.0 Å². The zero-order valence-electron chi connectivity index (χ0n) is 13.5. The van der Waals surface area contributed by atoms with Crippen molar-refractivity contribution in [2.45, 2.75) is 51.2 Å². The summed E-state index contributed by atoms with van der Waals surface area (Å²) in [6, 6.07) is 6.20. The van der Waals surface area contributed by atoms with Crippen LogP contribution in [0.4, 0.5) is 5.69 Å². The molecule has 2 aromatic heterocycles. The molecule has 1 aliphatic carbocycles. The molecule has 0 unspecified atom stereocenters. The van der Waals surface area contributed by atoms with Crippen molar-refractivity contribution in [1.82, 2.24) is 9.97 Å². The van der Waals surface area contributed by atoms with Crippen LogP contribution in [0, 0.1) is 6.92 Å². The monoisotopic (exact) mass is 331 g/mol. The number of aromatic nitrogens is 2. The summed E-state index contributed by atoms with van der Waals surface area (Å²) in [6.45, 7) is 3.96. The smallest absolute Gasteiger partial charge is 0.131 e. The standard InChI is InChI=1S/C18H22ClN3O/c1-12-5-8-20-15(9-12)14-11-21-17(19)10-16(14)22-13-3-6-18(2,23)7-4-13/h5,8-11,13,23H,3-4,6-7H2,1-2H3,(H,21,22). The lowest BCUT2D eigenvalue weighted by molar-refractivity contribution is 0.0196. The van der Waals surface area contributed by atoms with Crippen LogP contribution in [0.15, 0.2) is 30.6 Å². The number of aryl methyl sites for hydroxylation is 1. The SMILES string of the molecule is Cc1ccnc(-c2cnc(Cl)cc2NC2CCC(C)(O)CC2)c1. The maximum absolute atomic E-state index is 10.1. The van der Waals surface area contributed by atoms with Crippen LogP contribution >= 0.6 is 11.6 Å². The minimum absolute atomic E-state index is 0.331. The molecule has 4 nitrogen and oxygen atoms in total. The van der Waals surface area contributed by atoms with Gasteiger partial charge in [-0.1, -0.05) is 11.6 Å². The fraction of sp³-hybridized carbons (Fsp3) is 0.444. The van der Waals surface area contributed by atoms with Gasteiger partial charge in [0.05, 0.1) is 11.3 Å². The lowest BCUT2D eigenvalue weighted by Gasteiger charge is -2.34. The van der Waals surface area contributed by atoms with Gasteiger partial charge in [0, 0.05) is 29.7 Å². The molecule has 1 aliphatic rings. The molecule has 122 valence electrons. The third kappa shape index (κ3) is 4.01. The first-order valence-electron chi connectivity index (χ1n) is 8.00. The van der Waals surface area contributed by atoms with E-state index >= 15 is 0 Å². The van der Waals surface area contributed by atoms with Gasteiger partial charge in [-0.15, -0.1) is 0 Å². The summed E-state index contributed by atoms with van der Waals surface area (Å²) in [7, 11) is 0. The second-order valence-electron chi connectivity index (χ2n) is 6.69. The second kappa shape index (κ2) is 6.46. The van der Waals surface area contributed by atoms with Crippen LogP contribution in [-0.2, 0) is 0 Å². The van der Waals surface area contributed by atoms with Crippen molar-refractivity contribution in [3.8, 4) is 11.3 Å². The molecule has 0 amide bonds. The van der Waals surface area contributed by atoms with E-state index < -0.39 is 5.60 Å². The number of rotatable bonds is 3. The highest BCUT2D eigenvalue weighted by Crippen LogP contribution is 2.33. The van der Waals surface area contributed by atoms with Crippen LogP contribution in [0.2, 0.25) is 5.15 Å². The lowest BCUT2D eigenvalue weighted by Crippen LogP contribution is -2.35. The molecule has 2 heterocycles. The molecule has 0 saturated heterocycles. The number of hydrogen-bond donors (Lipinski definition) is 2. The first-order chi connectivity index (χ1) is 10.9. The maximum Gasteiger partial charge on any atom is 0.131 e. The van der Waals surface area contributed by atoms with Gasteiger partial charge in [-0.05, 0) is 63.3 Å². The molecule has 0 bridgehead atoms. The van der Waals surface area contributed by atoms with E-state index in [4.69, 9.17) is 11.6 Å². The molecule has 5 heteroatoms. The van der Waals surface area contributed by atoms with Crippen LogP contribution in [-0.4, -0.2) is 26.7 Å². The molecule has 23 heavy (non-hydrogen) atoms. The average molecular weight is 332 g/mol. The summed E-state index contributed by atoms with van der Waals surface area (Å²) < 4.78 is 0. The van der Waals surface area contributed by atoms with Crippen molar-refractivity contribution in [2.75, 3.05) is 5.32 Å². The lowest BCUT2D eigenvalue weighted by atomic mass is 9.83. The number of halogens is 1. The van der Waals surface area contributed by atoms with E-state index in [1.807, 2.05) is 32.0 Å². The Hall–Kier alpha value is -1.65. The molecule has 0 aliphatic heterocycles. The molecule has 0 radical (unpaired) electrons. The van der Waals surface area contributed by atoms with Crippen LogP contribution < -0.4 is 5.32 Å². The summed E-state index contributed by atoms with van der Waals surface area (Å²) in [6.07, 6.45) is 7.07. The van der Waals surface area contributed by atoms with Gasteiger partial charge in [-0.3, -0.25) is 4.98 Å². The molecule has 0 atom stereocenters. The fourth-order valence-electron chi connectivity index (χ4n) is 3.04. The second-order valence-corrected chi connectivity index (χ2v) is 7.07. The summed E-state index contributed by atoms with van der Waals surface area (Å²) in [5.74, 6) is 0. The molecule has 3 rings (SSSR count). The minimum Gasteiger partial charge on any atom is -0.390 e. The summed E-state index contributed by atoms with van der Waals surface area (Å²) >= 11 is 6.09. The third-order valence-corrected chi connectivity index (χ3v) is 4.69. The highest BCUT2D eigenvalue weighted by Gasteiger charge is 2.29. The van der Waals surface area contributed by atoms with Crippen LogP contribution in [0.5, 0.6) is 0 Å². The summed E-state index contributed by atoms with van der Waals surface area (Å²) in [5, 5.41) is 14.1. The van der Waals surface area contributed by atoms with Crippen LogP contribution in [0.3, 0.4) is 0 Å². The van der Waals surface area contributed by atoms with E-state index in [0.717, 1.165) is 48.2 Å². The van der Waals surface area contributed by atoms with Crippen LogP contribution in [0.25, 0.3) is 11.3 Å². The van der Waals surface area contributed by atoms with Crippen molar-refractivity contribution in [3.05, 3.63) is 41.3 Å². The Balaban J connectivity index is 1.85. The minimum atomic E-state index is -0.533. The first kappa shape index (κ1) is 16.2. The molecular formula is C18H22ClN3O. The predicted molar refractivity (Wildman–Crippen MR) is 93.7 cm³/mol. The van der Waals surface area contributed by atoms with Crippen molar-refractivity contribution in [1.29, 1.82) is 0 Å². The number of aliphatic hydroxyl groups is 1. The molecule has 1 fully saturated rings. The Labute approximate surface area is 141 Å². The Bertz CT molecular complexity index is 692. The average Bonchev–Trinajstić information content (AvgIpc) is 2.50. The molecule has 2 aromatic rings. The summed E-state index contributed by atoms with van der Waals surface area (Å²) in [5.41, 5.74) is 3.42. The zero-order valence-corrected chi connectivity index (χ0v) is 14.3. The first-order valence-corrected chi connectivity index (χ1v) is 8.38. The Kier molecular flexibility index (Phi) is 4.55. The molecule has 1 saturated carbocycles. The Morgan fingerprint density at radius 3 is 2.70 bits per heavy atom. The molecule has 2 N–H and O–H groups in total. The third-order valence-electron chi connectivity index (χ3n) is 4.48. The molecular weight excluding hydrogens is 310 g/mol. The number of pyridine rings is 2. The van der Waals surface area contributed by atoms with Gasteiger partial charge in [0.25, 0.3) is 0 Å². The molecule has 0 spiro atoms. The van der Waals surface area contributed by atoms with Crippen molar-refractivity contribution in [2.24, 2.45) is 0 Å². The fourth-order valence-corrected chi connectivity index (χ4v) is 3.20. The summed E-state index contributed by atoms with van der Waals surface area (Å²) in [4.78, 5) is 8.66. The van der Waals surface area contributed by atoms with Gasteiger partial charge in [-0.2, -0.15) is 0 Å². The largest absolute Gasteiger partial charge is 0.390 e. The van der Waals surface area contributed by atoms with Crippen LogP contribution in [0.1, 0.15) is 38.2 Å². The van der Waals surface area contributed by atoms with E-state index in [1.54, 1.807) is 12.4 Å². The molecule has 0 aromatic carbocycles. The Morgan fingerprint density at radius 2 is 2.00 bits per heavy atom. The number of hydrogen-bond acceptors (Lipinski definition) is 4. The highest BCUT2D eigenvalue weighted by atomic mass is 35.5. The van der Waals surface area contributed by atoms with E-state index in [0.29, 0.717) is 11.2 Å². The zero-order chi connectivity index (χ0) is 16.4. The maximum atomic E-state index is 10.1.